The Bertz CT molecular complexity index is 1080. The summed E-state index contributed by atoms with van der Waals surface area (Å²) in [5.41, 5.74) is 6.54. The number of carbonyl (C=O) groups is 4. The zero-order valence-corrected chi connectivity index (χ0v) is 22.2. The Morgan fingerprint density at radius 2 is 1.41 bits per heavy atom. The molecule has 0 saturated heterocycles. The van der Waals surface area contributed by atoms with Crippen molar-refractivity contribution < 1.29 is 38.5 Å². The van der Waals surface area contributed by atoms with Crippen molar-refractivity contribution in [2.45, 2.75) is 58.5 Å². The number of rotatable bonds is 10. The molecule has 12 nitrogen and oxygen atoms in total. The number of carbonyl (C=O) groups excluding carboxylic acids is 3. The molecule has 39 heavy (non-hydrogen) atoms. The average molecular weight is 543 g/mol. The van der Waals surface area contributed by atoms with Gasteiger partial charge < -0.3 is 30.4 Å². The monoisotopic (exact) mass is 542 g/mol. The Morgan fingerprint density at radius 1 is 0.923 bits per heavy atom. The first kappa shape index (κ1) is 30.6. The van der Waals surface area contributed by atoms with Crippen LogP contribution in [0, 0.1) is 0 Å². The molecule has 0 aliphatic rings. The lowest BCUT2D eigenvalue weighted by molar-refractivity contribution is -0.139. The van der Waals surface area contributed by atoms with Gasteiger partial charge in [0.1, 0.15) is 24.9 Å². The van der Waals surface area contributed by atoms with E-state index < -0.39 is 41.9 Å². The third kappa shape index (κ3) is 11.5. The minimum atomic E-state index is -1.26. The van der Waals surface area contributed by atoms with E-state index in [1.165, 1.54) is 0 Å². The van der Waals surface area contributed by atoms with E-state index in [2.05, 4.69) is 10.3 Å². The lowest BCUT2D eigenvalue weighted by Gasteiger charge is -2.22. The maximum atomic E-state index is 12.8. The molecule has 0 saturated carbocycles. The summed E-state index contributed by atoms with van der Waals surface area (Å²) in [6, 6.07) is 16.4. The van der Waals surface area contributed by atoms with Crippen molar-refractivity contribution in [2.75, 3.05) is 6.54 Å². The van der Waals surface area contributed by atoms with E-state index in [0.717, 1.165) is 0 Å². The van der Waals surface area contributed by atoms with Gasteiger partial charge in [-0.15, -0.1) is 4.90 Å². The zero-order chi connectivity index (χ0) is 28.8. The second-order valence-corrected chi connectivity index (χ2v) is 9.33. The number of amides is 3. The summed E-state index contributed by atoms with van der Waals surface area (Å²) in [7, 11) is 0. The SMILES string of the molecule is CC(C)(C)OC(=O)N[C@H](CCCN=C(N)N(C(=O)OCc1ccccc1)C(=O)OCc1ccccc1)C(=O)O. The van der Waals surface area contributed by atoms with Crippen LogP contribution in [0.3, 0.4) is 0 Å². The minimum Gasteiger partial charge on any atom is -0.480 e. The molecule has 2 rings (SSSR count). The van der Waals surface area contributed by atoms with Gasteiger partial charge in [-0.3, -0.25) is 4.99 Å². The van der Waals surface area contributed by atoms with Gasteiger partial charge in [0.15, 0.2) is 0 Å². The summed E-state index contributed by atoms with van der Waals surface area (Å²) < 4.78 is 15.5. The second kappa shape index (κ2) is 15.0. The van der Waals surface area contributed by atoms with Crippen molar-refractivity contribution in [3.8, 4) is 0 Å². The zero-order valence-electron chi connectivity index (χ0n) is 22.2. The van der Waals surface area contributed by atoms with Gasteiger partial charge in [-0.05, 0) is 44.7 Å². The molecular formula is C27H34N4O8. The number of aliphatic imine (C=N–C) groups is 1. The molecule has 4 N–H and O–H groups in total. The maximum absolute atomic E-state index is 12.8. The number of aliphatic carboxylic acids is 1. The molecule has 12 heteroatoms. The summed E-state index contributed by atoms with van der Waals surface area (Å²) in [6.45, 7) is 4.67. The van der Waals surface area contributed by atoms with Gasteiger partial charge in [0, 0.05) is 6.54 Å². The molecular weight excluding hydrogens is 508 g/mol. The fourth-order valence-electron chi connectivity index (χ4n) is 3.10. The molecule has 0 fully saturated rings. The number of carboxylic acids is 1. The summed E-state index contributed by atoms with van der Waals surface area (Å²) >= 11 is 0. The fourth-order valence-corrected chi connectivity index (χ4v) is 3.10. The molecule has 0 aliphatic heterocycles. The smallest absolute Gasteiger partial charge is 0.426 e. The van der Waals surface area contributed by atoms with E-state index in [1.807, 2.05) is 0 Å². The number of hydrogen-bond acceptors (Lipinski definition) is 8. The Hall–Kier alpha value is -4.61. The van der Waals surface area contributed by atoms with Gasteiger partial charge in [-0.1, -0.05) is 60.7 Å². The van der Waals surface area contributed by atoms with Crippen molar-refractivity contribution in [1.29, 1.82) is 0 Å². The average Bonchev–Trinajstić information content (AvgIpc) is 2.88. The Morgan fingerprint density at radius 3 is 1.85 bits per heavy atom. The number of ether oxygens (including phenoxy) is 3. The highest BCUT2D eigenvalue weighted by molar-refractivity contribution is 6.07. The topological polar surface area (TPSA) is 170 Å². The van der Waals surface area contributed by atoms with Crippen LogP contribution in [-0.2, 0) is 32.2 Å². The molecule has 0 bridgehead atoms. The molecule has 0 spiro atoms. The van der Waals surface area contributed by atoms with Gasteiger partial charge in [-0.25, -0.2) is 19.2 Å². The quantitative estimate of drug-likeness (QED) is 0.173. The van der Waals surface area contributed by atoms with Gasteiger partial charge in [0.25, 0.3) is 0 Å². The molecule has 2 aromatic rings. The molecule has 0 unspecified atom stereocenters. The highest BCUT2D eigenvalue weighted by atomic mass is 16.6. The number of guanidine groups is 1. The number of carboxylic acid groups (broad SMARTS) is 1. The van der Waals surface area contributed by atoms with Crippen LogP contribution in [-0.4, -0.2) is 58.4 Å². The van der Waals surface area contributed by atoms with E-state index in [-0.39, 0.29) is 32.6 Å². The third-order valence-corrected chi connectivity index (χ3v) is 4.92. The van der Waals surface area contributed by atoms with Gasteiger partial charge in [0.2, 0.25) is 5.96 Å². The molecule has 210 valence electrons. The Kier molecular flexibility index (Phi) is 11.7. The van der Waals surface area contributed by atoms with E-state index in [4.69, 9.17) is 19.9 Å². The lowest BCUT2D eigenvalue weighted by Crippen LogP contribution is -2.46. The summed E-state index contributed by atoms with van der Waals surface area (Å²) in [4.78, 5) is 53.5. The Balaban J connectivity index is 2.03. The van der Waals surface area contributed by atoms with Gasteiger partial charge >= 0.3 is 24.2 Å². The molecule has 3 amide bonds. The number of nitrogens with two attached hydrogens (primary N) is 1. The molecule has 1 atom stereocenters. The van der Waals surface area contributed by atoms with Gasteiger partial charge in [0.05, 0.1) is 0 Å². The number of imide groups is 1. The number of hydrogen-bond donors (Lipinski definition) is 3. The normalized spacial score (nSPS) is 12.1. The van der Waals surface area contributed by atoms with Crippen LogP contribution >= 0.6 is 0 Å². The van der Waals surface area contributed by atoms with E-state index in [9.17, 15) is 24.3 Å². The number of alkyl carbamates (subject to hydrolysis) is 1. The summed E-state index contributed by atoms with van der Waals surface area (Å²) in [6.07, 6.45) is -2.91. The van der Waals surface area contributed by atoms with Crippen LogP contribution in [0.2, 0.25) is 0 Å². The molecule has 0 aliphatic carbocycles. The van der Waals surface area contributed by atoms with Crippen LogP contribution in [0.1, 0.15) is 44.7 Å². The molecule has 2 aromatic carbocycles. The first-order valence-corrected chi connectivity index (χ1v) is 12.2. The first-order valence-electron chi connectivity index (χ1n) is 12.2. The standard InChI is InChI=1S/C27H34N4O8/c1-27(2,3)39-24(34)30-21(22(32)33)15-10-16-29-23(28)31(25(35)37-17-19-11-6-4-7-12-19)26(36)38-18-20-13-8-5-9-14-20/h4-9,11-14,21H,10,15-18H2,1-3H3,(H2,28,29)(H,30,34)(H,32,33)/t21-/m1/s1. The molecule has 0 aromatic heterocycles. The fraction of sp³-hybridized carbons (Fsp3) is 0.370. The number of nitrogens with one attached hydrogen (secondary N) is 1. The van der Waals surface area contributed by atoms with Crippen molar-refractivity contribution in [3.05, 3.63) is 71.8 Å². The first-order chi connectivity index (χ1) is 18.5. The van der Waals surface area contributed by atoms with Crippen molar-refractivity contribution in [3.63, 3.8) is 0 Å². The van der Waals surface area contributed by atoms with Crippen LogP contribution in [0.4, 0.5) is 14.4 Å². The highest BCUT2D eigenvalue weighted by Crippen LogP contribution is 2.10. The van der Waals surface area contributed by atoms with E-state index >= 15 is 0 Å². The molecule has 0 heterocycles. The van der Waals surface area contributed by atoms with Crippen LogP contribution in [0.25, 0.3) is 0 Å². The van der Waals surface area contributed by atoms with Crippen molar-refractivity contribution in [2.24, 2.45) is 10.7 Å². The van der Waals surface area contributed by atoms with Crippen molar-refractivity contribution >= 4 is 30.2 Å². The lowest BCUT2D eigenvalue weighted by atomic mass is 10.1. The second-order valence-electron chi connectivity index (χ2n) is 9.33. The van der Waals surface area contributed by atoms with E-state index in [1.54, 1.807) is 81.4 Å². The van der Waals surface area contributed by atoms with Crippen molar-refractivity contribution in [1.82, 2.24) is 10.2 Å². The third-order valence-electron chi connectivity index (χ3n) is 4.92. The molecule has 0 radical (unpaired) electrons. The van der Waals surface area contributed by atoms with E-state index in [0.29, 0.717) is 16.0 Å². The van der Waals surface area contributed by atoms with Crippen LogP contribution < -0.4 is 11.1 Å². The summed E-state index contributed by atoms with van der Waals surface area (Å²) in [5.74, 6) is -1.74. The highest BCUT2D eigenvalue weighted by Gasteiger charge is 2.29. The number of benzene rings is 2. The summed E-state index contributed by atoms with van der Waals surface area (Å²) in [5, 5.41) is 11.7. The predicted octanol–water partition coefficient (Wildman–Crippen LogP) is 4.03. The van der Waals surface area contributed by atoms with Crippen LogP contribution in [0.15, 0.2) is 65.7 Å². The largest absolute Gasteiger partial charge is 0.480 e. The van der Waals surface area contributed by atoms with Crippen LogP contribution in [0.5, 0.6) is 0 Å². The Labute approximate surface area is 226 Å². The minimum absolute atomic E-state index is 0.0116. The maximum Gasteiger partial charge on any atom is 0.426 e. The predicted molar refractivity (Wildman–Crippen MR) is 142 cm³/mol. The van der Waals surface area contributed by atoms with Gasteiger partial charge in [-0.2, -0.15) is 0 Å². The number of nitrogens with zero attached hydrogens (tertiary/aromatic N) is 2.